The molecule has 4 aromatic carbocycles. The maximum absolute atomic E-state index is 12.5. The zero-order valence-electron chi connectivity index (χ0n) is 14.3. The number of rotatable bonds is 3. The van der Waals surface area contributed by atoms with E-state index < -0.39 is 11.0 Å². The van der Waals surface area contributed by atoms with E-state index in [1.54, 1.807) is 13.2 Å². The van der Waals surface area contributed by atoms with E-state index in [9.17, 15) is 4.21 Å². The van der Waals surface area contributed by atoms with Gasteiger partial charge in [0.1, 0.15) is 16.7 Å². The van der Waals surface area contributed by atoms with Crippen LogP contribution < -0.4 is 9.88 Å². The molecule has 0 aliphatic carbocycles. The molecule has 6 heteroatoms. The summed E-state index contributed by atoms with van der Waals surface area (Å²) in [5.74, 6) is 0.495. The van der Waals surface area contributed by atoms with Crippen LogP contribution in [0.5, 0.6) is 5.75 Å². The number of fused-ring (bicyclic) bond motifs is 2. The average Bonchev–Trinajstić information content (AvgIpc) is 2.65. The van der Waals surface area contributed by atoms with E-state index in [1.165, 1.54) is 0 Å². The molecule has 1 unspecified atom stereocenters. The van der Waals surface area contributed by atoms with Crippen molar-refractivity contribution in [1.82, 2.24) is 0 Å². The third kappa shape index (κ3) is 2.99. The number of hydrogen-bond acceptors (Lipinski definition) is 2. The number of ether oxygens (including phenoxy) is 1. The lowest BCUT2D eigenvalue weighted by molar-refractivity contribution is 0.417. The van der Waals surface area contributed by atoms with Crippen LogP contribution >= 0.6 is 23.2 Å². The van der Waals surface area contributed by atoms with Crippen molar-refractivity contribution >= 4 is 55.7 Å². The summed E-state index contributed by atoms with van der Waals surface area (Å²) >= 11 is 13.0. The van der Waals surface area contributed by atoms with Crippen LogP contribution in [0.2, 0.25) is 10.0 Å². The number of halogens is 2. The molecule has 4 rings (SSSR count). The van der Waals surface area contributed by atoms with Crippen LogP contribution in [0.4, 0.5) is 0 Å². The van der Waals surface area contributed by atoms with Crippen LogP contribution in [0.1, 0.15) is 0 Å². The van der Waals surface area contributed by atoms with E-state index in [4.69, 9.17) is 33.1 Å². The fraction of sp³-hybridized carbons (Fsp3) is 0.0476. The minimum atomic E-state index is -1.80. The van der Waals surface area contributed by atoms with Gasteiger partial charge in [-0.1, -0.05) is 71.7 Å². The predicted molar refractivity (Wildman–Crippen MR) is 114 cm³/mol. The van der Waals surface area contributed by atoms with E-state index in [-0.39, 0.29) is 0 Å². The number of benzene rings is 4. The van der Waals surface area contributed by atoms with Crippen LogP contribution in [0.15, 0.2) is 65.6 Å². The largest absolute Gasteiger partial charge is 0.495 e. The van der Waals surface area contributed by atoms with Crippen molar-refractivity contribution in [2.45, 2.75) is 4.90 Å². The fourth-order valence-electron chi connectivity index (χ4n) is 3.48. The summed E-state index contributed by atoms with van der Waals surface area (Å²) in [6, 6.07) is 19.2. The molecule has 0 amide bonds. The van der Waals surface area contributed by atoms with Gasteiger partial charge in [0.05, 0.1) is 22.1 Å². The molecule has 0 heterocycles. The number of hydrogen-bond donors (Lipinski definition) is 1. The number of methoxy groups -OCH3 is 1. The Bertz CT molecular complexity index is 1220. The maximum Gasteiger partial charge on any atom is 0.145 e. The predicted octanol–water partition coefficient (Wildman–Crippen LogP) is 5.96. The van der Waals surface area contributed by atoms with Crippen LogP contribution in [0.3, 0.4) is 0 Å². The molecule has 0 fully saturated rings. The lowest BCUT2D eigenvalue weighted by atomic mass is 9.93. The zero-order valence-corrected chi connectivity index (χ0v) is 16.7. The summed E-state index contributed by atoms with van der Waals surface area (Å²) in [7, 11) is -0.238. The molecule has 0 spiro atoms. The van der Waals surface area contributed by atoms with Gasteiger partial charge in [-0.05, 0) is 33.7 Å². The summed E-state index contributed by atoms with van der Waals surface area (Å²) in [6.45, 7) is 0. The molecule has 0 radical (unpaired) electrons. The molecule has 0 aliphatic rings. The van der Waals surface area contributed by atoms with Crippen LogP contribution in [0.25, 0.3) is 32.7 Å². The maximum atomic E-state index is 12.5. The molecule has 0 saturated heterocycles. The van der Waals surface area contributed by atoms with Crippen molar-refractivity contribution < 1.29 is 8.95 Å². The highest BCUT2D eigenvalue weighted by Gasteiger charge is 2.23. The van der Waals surface area contributed by atoms with E-state index >= 15 is 0 Å². The standard InChI is InChI=1S/C21H15Cl2NO2S/c1-26-20-16(22)10-12-6-2-4-8-14(12)18(20)19-15-9-5-3-7-13(15)11-17(23)21(19)27(24)25/h2-11H,24H2,1H3. The molecule has 136 valence electrons. The smallest absolute Gasteiger partial charge is 0.145 e. The first-order valence-corrected chi connectivity index (χ1v) is 10.1. The molecule has 3 nitrogen and oxygen atoms in total. The Balaban J connectivity index is 2.31. The van der Waals surface area contributed by atoms with E-state index in [1.807, 2.05) is 54.6 Å². The van der Waals surface area contributed by atoms with Gasteiger partial charge in [0.2, 0.25) is 0 Å². The van der Waals surface area contributed by atoms with Crippen molar-refractivity contribution in [3.8, 4) is 16.9 Å². The van der Waals surface area contributed by atoms with Gasteiger partial charge in [-0.2, -0.15) is 0 Å². The minimum Gasteiger partial charge on any atom is -0.495 e. The molecule has 2 N–H and O–H groups in total. The summed E-state index contributed by atoms with van der Waals surface area (Å²) < 4.78 is 18.1. The van der Waals surface area contributed by atoms with E-state index in [2.05, 4.69) is 0 Å². The van der Waals surface area contributed by atoms with Crippen LogP contribution in [-0.4, -0.2) is 11.3 Å². The highest BCUT2D eigenvalue weighted by atomic mass is 35.5. The van der Waals surface area contributed by atoms with Gasteiger partial charge in [-0.3, -0.25) is 0 Å². The summed E-state index contributed by atoms with van der Waals surface area (Å²) in [4.78, 5) is 0.362. The van der Waals surface area contributed by atoms with Crippen LogP contribution in [0, 0.1) is 0 Å². The Hall–Kier alpha value is -2.11. The molecule has 0 bridgehead atoms. The molecule has 1 atom stereocenters. The van der Waals surface area contributed by atoms with Crippen LogP contribution in [-0.2, 0) is 11.0 Å². The first-order chi connectivity index (χ1) is 13.0. The first kappa shape index (κ1) is 18.3. The van der Waals surface area contributed by atoms with Crippen molar-refractivity contribution in [2.24, 2.45) is 5.14 Å². The summed E-state index contributed by atoms with van der Waals surface area (Å²) in [6.07, 6.45) is 0. The summed E-state index contributed by atoms with van der Waals surface area (Å²) in [5.41, 5.74) is 1.41. The van der Waals surface area contributed by atoms with Gasteiger partial charge in [0.25, 0.3) is 0 Å². The topological polar surface area (TPSA) is 52.3 Å². The van der Waals surface area contributed by atoms with Gasteiger partial charge in [0, 0.05) is 11.1 Å². The second-order valence-corrected chi connectivity index (χ2v) is 7.89. The number of nitrogens with two attached hydrogens (primary N) is 1. The quantitative estimate of drug-likeness (QED) is 0.448. The highest BCUT2D eigenvalue weighted by molar-refractivity contribution is 7.83. The summed E-state index contributed by atoms with van der Waals surface area (Å²) in [5, 5.41) is 10.3. The zero-order chi connectivity index (χ0) is 19.1. The molecule has 4 aromatic rings. The van der Waals surface area contributed by atoms with Gasteiger partial charge in [-0.25, -0.2) is 9.35 Å². The Morgan fingerprint density at radius 3 is 1.93 bits per heavy atom. The van der Waals surface area contributed by atoms with Crippen molar-refractivity contribution in [3.63, 3.8) is 0 Å². The molecule has 0 aliphatic heterocycles. The lowest BCUT2D eigenvalue weighted by Crippen LogP contribution is -2.07. The Morgan fingerprint density at radius 2 is 1.37 bits per heavy atom. The monoisotopic (exact) mass is 415 g/mol. The Kier molecular flexibility index (Phi) is 4.82. The average molecular weight is 416 g/mol. The molecular weight excluding hydrogens is 401 g/mol. The second-order valence-electron chi connectivity index (χ2n) is 6.07. The highest BCUT2D eigenvalue weighted by Crippen LogP contribution is 2.48. The molecule has 27 heavy (non-hydrogen) atoms. The third-order valence-electron chi connectivity index (χ3n) is 4.57. The third-order valence-corrected chi connectivity index (χ3v) is 6.09. The van der Waals surface area contributed by atoms with Gasteiger partial charge in [-0.15, -0.1) is 0 Å². The van der Waals surface area contributed by atoms with Gasteiger partial charge >= 0.3 is 0 Å². The first-order valence-electron chi connectivity index (χ1n) is 8.16. The van der Waals surface area contributed by atoms with Crippen molar-refractivity contribution in [3.05, 3.63) is 70.7 Å². The Labute approximate surface area is 169 Å². The molecular formula is C21H15Cl2NO2S. The molecule has 0 saturated carbocycles. The van der Waals surface area contributed by atoms with Crippen molar-refractivity contribution in [1.29, 1.82) is 0 Å². The van der Waals surface area contributed by atoms with Crippen molar-refractivity contribution in [2.75, 3.05) is 7.11 Å². The minimum absolute atomic E-state index is 0.343. The fourth-order valence-corrected chi connectivity index (χ4v) is 4.88. The van der Waals surface area contributed by atoms with E-state index in [0.717, 1.165) is 27.1 Å². The van der Waals surface area contributed by atoms with E-state index in [0.29, 0.717) is 26.3 Å². The molecule has 0 aromatic heterocycles. The Morgan fingerprint density at radius 1 is 0.852 bits per heavy atom. The van der Waals surface area contributed by atoms with Gasteiger partial charge < -0.3 is 4.74 Å². The second kappa shape index (κ2) is 7.13. The SMILES string of the molecule is COc1c(Cl)cc2ccccc2c1-c1c(S(N)=O)c(Cl)cc2ccccc12. The normalized spacial score (nSPS) is 12.4. The van der Waals surface area contributed by atoms with Gasteiger partial charge in [0.15, 0.2) is 0 Å². The lowest BCUT2D eigenvalue weighted by Gasteiger charge is -2.19.